The maximum absolute atomic E-state index is 10.9. The molecule has 0 aliphatic carbocycles. The second-order valence-electron chi connectivity index (χ2n) is 2.81. The second-order valence-corrected chi connectivity index (χ2v) is 2.81. The van der Waals surface area contributed by atoms with Gasteiger partial charge in [-0.2, -0.15) is 0 Å². The first-order valence-electron chi connectivity index (χ1n) is 3.81. The molecule has 1 rings (SSSR count). The zero-order chi connectivity index (χ0) is 9.14. The molecule has 1 unspecified atom stereocenters. The molecule has 0 aromatic carbocycles. The highest BCUT2D eigenvalue weighted by Gasteiger charge is 2.30. The minimum absolute atomic E-state index is 0.0818. The number of nitrogens with one attached hydrogen (secondary N) is 1. The van der Waals surface area contributed by atoms with Gasteiger partial charge in [0.15, 0.2) is 0 Å². The van der Waals surface area contributed by atoms with E-state index in [4.69, 9.17) is 5.11 Å². The van der Waals surface area contributed by atoms with E-state index < -0.39 is 17.8 Å². The Bertz CT molecular complexity index is 224. The van der Waals surface area contributed by atoms with Gasteiger partial charge in [-0.25, -0.2) is 4.79 Å². The average molecular weight is 169 g/mol. The van der Waals surface area contributed by atoms with E-state index in [-0.39, 0.29) is 6.04 Å². The molecule has 0 aromatic heterocycles. The first-order chi connectivity index (χ1) is 5.65. The molecule has 0 aromatic rings. The number of hydrogen-bond donors (Lipinski definition) is 2. The lowest BCUT2D eigenvalue weighted by Crippen LogP contribution is -2.38. The number of carbonyl (C=O) groups is 2. The molecule has 1 heterocycles. The van der Waals surface area contributed by atoms with E-state index in [1.807, 2.05) is 0 Å². The lowest BCUT2D eigenvalue weighted by atomic mass is 10.1. The van der Waals surface area contributed by atoms with Crippen LogP contribution in [0.4, 0.5) is 0 Å². The number of hydrogen-bond acceptors (Lipinski definition) is 3. The van der Waals surface area contributed by atoms with Crippen LogP contribution in [0, 0.1) is 0 Å². The van der Waals surface area contributed by atoms with Crippen molar-refractivity contribution in [3.05, 3.63) is 12.7 Å². The highest BCUT2D eigenvalue weighted by Crippen LogP contribution is 2.13. The summed E-state index contributed by atoms with van der Waals surface area (Å²) in [6.45, 7) is 3.56. The fraction of sp³-hybridized carbons (Fsp3) is 0.500. The van der Waals surface area contributed by atoms with E-state index in [9.17, 15) is 9.59 Å². The van der Waals surface area contributed by atoms with Gasteiger partial charge in [0, 0.05) is 6.04 Å². The Labute approximate surface area is 70.3 Å². The Kier molecular flexibility index (Phi) is 2.60. The van der Waals surface area contributed by atoms with Crippen molar-refractivity contribution >= 4 is 11.8 Å². The van der Waals surface area contributed by atoms with E-state index >= 15 is 0 Å². The lowest BCUT2D eigenvalue weighted by molar-refractivity contribution is -0.149. The van der Waals surface area contributed by atoms with Crippen molar-refractivity contribution in [2.45, 2.75) is 24.9 Å². The zero-order valence-electron chi connectivity index (χ0n) is 6.62. The van der Waals surface area contributed by atoms with Crippen LogP contribution in [0.5, 0.6) is 0 Å². The van der Waals surface area contributed by atoms with Gasteiger partial charge in [0.25, 0.3) is 5.78 Å². The Morgan fingerprint density at radius 1 is 1.50 bits per heavy atom. The van der Waals surface area contributed by atoms with Crippen molar-refractivity contribution < 1.29 is 14.7 Å². The lowest BCUT2D eigenvalue weighted by Gasteiger charge is -2.06. The van der Waals surface area contributed by atoms with Crippen LogP contribution in [0.1, 0.15) is 12.8 Å². The van der Waals surface area contributed by atoms with Crippen LogP contribution < -0.4 is 5.32 Å². The summed E-state index contributed by atoms with van der Waals surface area (Å²) in [4.78, 5) is 21.2. The number of Topliss-reactive ketones (excluding diaryl/α,β-unsaturated/α-hetero) is 1. The van der Waals surface area contributed by atoms with Crippen LogP contribution in [0.25, 0.3) is 0 Å². The SMILES string of the molecule is C=C[C@@H]1CCC(C(=O)C(=O)O)N1. The van der Waals surface area contributed by atoms with Crippen molar-refractivity contribution in [1.82, 2.24) is 5.32 Å². The highest BCUT2D eigenvalue weighted by molar-refractivity contribution is 6.34. The Morgan fingerprint density at radius 3 is 2.58 bits per heavy atom. The minimum atomic E-state index is -1.36. The van der Waals surface area contributed by atoms with Gasteiger partial charge in [-0.15, -0.1) is 6.58 Å². The van der Waals surface area contributed by atoms with Crippen LogP contribution >= 0.6 is 0 Å². The summed E-state index contributed by atoms with van der Waals surface area (Å²) in [7, 11) is 0. The molecule has 2 N–H and O–H groups in total. The molecule has 0 bridgehead atoms. The molecular formula is C8H11NO3. The van der Waals surface area contributed by atoms with Gasteiger partial charge in [0.05, 0.1) is 6.04 Å². The summed E-state index contributed by atoms with van der Waals surface area (Å²) in [5, 5.41) is 11.3. The fourth-order valence-corrected chi connectivity index (χ4v) is 1.31. The van der Waals surface area contributed by atoms with Crippen molar-refractivity contribution in [2.24, 2.45) is 0 Å². The summed E-state index contributed by atoms with van der Waals surface area (Å²) in [5.74, 6) is -2.11. The topological polar surface area (TPSA) is 66.4 Å². The molecule has 0 radical (unpaired) electrons. The predicted molar refractivity (Wildman–Crippen MR) is 42.8 cm³/mol. The monoisotopic (exact) mass is 169 g/mol. The predicted octanol–water partition coefficient (Wildman–Crippen LogP) is -0.0533. The van der Waals surface area contributed by atoms with Crippen LogP contribution in [-0.2, 0) is 9.59 Å². The normalized spacial score (nSPS) is 28.3. The molecule has 1 aliphatic rings. The van der Waals surface area contributed by atoms with E-state index in [0.29, 0.717) is 6.42 Å². The maximum Gasteiger partial charge on any atom is 0.373 e. The smallest absolute Gasteiger partial charge is 0.373 e. The molecule has 0 amide bonds. The van der Waals surface area contributed by atoms with Gasteiger partial charge in [-0.3, -0.25) is 4.79 Å². The first-order valence-corrected chi connectivity index (χ1v) is 3.81. The molecule has 12 heavy (non-hydrogen) atoms. The summed E-state index contributed by atoms with van der Waals surface area (Å²) < 4.78 is 0. The quantitative estimate of drug-likeness (QED) is 0.459. The molecule has 1 fully saturated rings. The standard InChI is InChI=1S/C8H11NO3/c1-2-5-3-4-6(9-5)7(10)8(11)12/h2,5-6,9H,1,3-4H2,(H,11,12)/t5-,6?/m1/s1. The van der Waals surface area contributed by atoms with E-state index in [0.717, 1.165) is 6.42 Å². The molecule has 1 saturated heterocycles. The van der Waals surface area contributed by atoms with Crippen LogP contribution in [0.2, 0.25) is 0 Å². The third-order valence-electron chi connectivity index (χ3n) is 1.99. The zero-order valence-corrected chi connectivity index (χ0v) is 6.62. The minimum Gasteiger partial charge on any atom is -0.475 e. The van der Waals surface area contributed by atoms with Crippen molar-refractivity contribution in [3.63, 3.8) is 0 Å². The van der Waals surface area contributed by atoms with Gasteiger partial charge in [0.2, 0.25) is 0 Å². The molecule has 0 saturated carbocycles. The number of aliphatic carboxylic acids is 1. The van der Waals surface area contributed by atoms with Crippen LogP contribution in [0.3, 0.4) is 0 Å². The largest absolute Gasteiger partial charge is 0.475 e. The van der Waals surface area contributed by atoms with Gasteiger partial charge < -0.3 is 10.4 Å². The molecule has 4 nitrogen and oxygen atoms in total. The van der Waals surface area contributed by atoms with Crippen molar-refractivity contribution in [2.75, 3.05) is 0 Å². The number of ketones is 1. The molecule has 1 aliphatic heterocycles. The Balaban J connectivity index is 2.52. The van der Waals surface area contributed by atoms with E-state index in [1.165, 1.54) is 0 Å². The molecule has 66 valence electrons. The molecule has 2 atom stereocenters. The number of carbonyl (C=O) groups excluding carboxylic acids is 1. The Hall–Kier alpha value is -1.16. The van der Waals surface area contributed by atoms with Gasteiger partial charge >= 0.3 is 5.97 Å². The molecule has 0 spiro atoms. The maximum atomic E-state index is 10.9. The first kappa shape index (κ1) is 8.93. The van der Waals surface area contributed by atoms with E-state index in [2.05, 4.69) is 11.9 Å². The van der Waals surface area contributed by atoms with Gasteiger partial charge in [-0.1, -0.05) is 6.08 Å². The highest BCUT2D eigenvalue weighted by atomic mass is 16.4. The summed E-state index contributed by atoms with van der Waals surface area (Å²) in [5.41, 5.74) is 0. The average Bonchev–Trinajstić information content (AvgIpc) is 2.50. The van der Waals surface area contributed by atoms with Crippen LogP contribution in [-0.4, -0.2) is 28.9 Å². The van der Waals surface area contributed by atoms with Crippen molar-refractivity contribution in [1.29, 1.82) is 0 Å². The number of rotatable bonds is 3. The van der Waals surface area contributed by atoms with Crippen LogP contribution in [0.15, 0.2) is 12.7 Å². The Morgan fingerprint density at radius 2 is 2.17 bits per heavy atom. The van der Waals surface area contributed by atoms with Gasteiger partial charge in [0.1, 0.15) is 0 Å². The van der Waals surface area contributed by atoms with Crippen molar-refractivity contribution in [3.8, 4) is 0 Å². The number of carboxylic acids is 1. The van der Waals surface area contributed by atoms with E-state index in [1.54, 1.807) is 6.08 Å². The number of carboxylic acid groups (broad SMARTS) is 1. The summed E-state index contributed by atoms with van der Waals surface area (Å²) >= 11 is 0. The molecular weight excluding hydrogens is 158 g/mol. The fourth-order valence-electron chi connectivity index (χ4n) is 1.31. The second kappa shape index (κ2) is 3.49. The van der Waals surface area contributed by atoms with Gasteiger partial charge in [-0.05, 0) is 12.8 Å². The summed E-state index contributed by atoms with van der Waals surface area (Å²) in [6, 6.07) is -0.441. The summed E-state index contributed by atoms with van der Waals surface area (Å²) in [6.07, 6.45) is 3.06. The third-order valence-corrected chi connectivity index (χ3v) is 1.99. The molecule has 4 heteroatoms. The third kappa shape index (κ3) is 1.71.